The fourth-order valence-electron chi connectivity index (χ4n) is 2.51. The fourth-order valence-corrected chi connectivity index (χ4v) is 2.51. The predicted molar refractivity (Wildman–Crippen MR) is 73.4 cm³/mol. The van der Waals surface area contributed by atoms with Crippen molar-refractivity contribution in [3.05, 3.63) is 0 Å². The van der Waals surface area contributed by atoms with Gasteiger partial charge < -0.3 is 10.1 Å². The molecule has 3 nitrogen and oxygen atoms in total. The molecule has 1 heterocycles. The molecule has 1 fully saturated rings. The zero-order valence-corrected chi connectivity index (χ0v) is 12.0. The Bertz CT molecular complexity index is 189. The van der Waals surface area contributed by atoms with Gasteiger partial charge in [-0.05, 0) is 39.7 Å². The van der Waals surface area contributed by atoms with E-state index in [4.69, 9.17) is 4.74 Å². The van der Waals surface area contributed by atoms with Gasteiger partial charge in [-0.25, -0.2) is 0 Å². The van der Waals surface area contributed by atoms with Crippen LogP contribution in [0.15, 0.2) is 0 Å². The first-order valence-corrected chi connectivity index (χ1v) is 7.22. The van der Waals surface area contributed by atoms with Gasteiger partial charge in [0.1, 0.15) is 0 Å². The topological polar surface area (TPSA) is 24.5 Å². The highest BCUT2D eigenvalue weighted by molar-refractivity contribution is 4.78. The molecule has 0 bridgehead atoms. The summed E-state index contributed by atoms with van der Waals surface area (Å²) >= 11 is 0. The minimum absolute atomic E-state index is 0.610. The molecule has 0 radical (unpaired) electrons. The summed E-state index contributed by atoms with van der Waals surface area (Å²) < 4.78 is 5.42. The highest BCUT2D eigenvalue weighted by atomic mass is 16.5. The number of nitrogens with one attached hydrogen (secondary N) is 1. The van der Waals surface area contributed by atoms with Gasteiger partial charge in [-0.3, -0.25) is 4.90 Å². The van der Waals surface area contributed by atoms with E-state index >= 15 is 0 Å². The molecule has 0 spiro atoms. The average molecular weight is 242 g/mol. The molecule has 0 amide bonds. The van der Waals surface area contributed by atoms with Crippen LogP contribution in [0.3, 0.4) is 0 Å². The Hall–Kier alpha value is -0.120. The summed E-state index contributed by atoms with van der Waals surface area (Å²) in [6.07, 6.45) is 4.83. The van der Waals surface area contributed by atoms with Crippen molar-refractivity contribution in [2.75, 3.05) is 26.8 Å². The van der Waals surface area contributed by atoms with E-state index in [0.29, 0.717) is 18.1 Å². The lowest BCUT2D eigenvalue weighted by Crippen LogP contribution is -2.47. The van der Waals surface area contributed by atoms with Crippen LogP contribution in [-0.4, -0.2) is 49.8 Å². The molecule has 0 aromatic carbocycles. The number of hydrogen-bond donors (Lipinski definition) is 1. The van der Waals surface area contributed by atoms with Crippen LogP contribution in [0.2, 0.25) is 0 Å². The van der Waals surface area contributed by atoms with Gasteiger partial charge in [0.25, 0.3) is 0 Å². The predicted octanol–water partition coefficient (Wildman–Crippen LogP) is 2.26. The Morgan fingerprint density at radius 2 is 1.82 bits per heavy atom. The highest BCUT2D eigenvalue weighted by Gasteiger charge is 2.22. The first-order valence-electron chi connectivity index (χ1n) is 7.22. The van der Waals surface area contributed by atoms with Gasteiger partial charge in [-0.1, -0.05) is 13.8 Å². The second-order valence-electron chi connectivity index (χ2n) is 5.28. The Kier molecular flexibility index (Phi) is 7.09. The Morgan fingerprint density at radius 1 is 1.24 bits per heavy atom. The van der Waals surface area contributed by atoms with E-state index < -0.39 is 0 Å². The maximum absolute atomic E-state index is 5.42. The van der Waals surface area contributed by atoms with Crippen LogP contribution >= 0.6 is 0 Å². The van der Waals surface area contributed by atoms with Crippen molar-refractivity contribution in [2.45, 2.75) is 64.6 Å². The van der Waals surface area contributed by atoms with E-state index in [0.717, 1.165) is 19.8 Å². The van der Waals surface area contributed by atoms with E-state index in [1.54, 1.807) is 0 Å². The van der Waals surface area contributed by atoms with E-state index in [2.05, 4.69) is 38.0 Å². The molecule has 0 aromatic heterocycles. The molecule has 17 heavy (non-hydrogen) atoms. The van der Waals surface area contributed by atoms with Crippen molar-refractivity contribution in [3.8, 4) is 0 Å². The van der Waals surface area contributed by atoms with Crippen molar-refractivity contribution < 1.29 is 4.74 Å². The molecule has 1 rings (SSSR count). The SMILES string of the molecule is CCC(CC)NCC(C)N(C)C1CCOCC1. The first kappa shape index (κ1) is 14.9. The molecule has 3 heteroatoms. The van der Waals surface area contributed by atoms with Crippen LogP contribution < -0.4 is 5.32 Å². The van der Waals surface area contributed by atoms with E-state index in [1.807, 2.05) is 0 Å². The van der Waals surface area contributed by atoms with Crippen LogP contribution in [0.25, 0.3) is 0 Å². The van der Waals surface area contributed by atoms with Crippen molar-refractivity contribution in [1.29, 1.82) is 0 Å². The van der Waals surface area contributed by atoms with Gasteiger partial charge in [0, 0.05) is 37.9 Å². The normalized spacial score (nSPS) is 20.1. The lowest BCUT2D eigenvalue weighted by atomic mass is 10.1. The summed E-state index contributed by atoms with van der Waals surface area (Å²) in [5.41, 5.74) is 0. The summed E-state index contributed by atoms with van der Waals surface area (Å²) in [7, 11) is 2.26. The van der Waals surface area contributed by atoms with Crippen LogP contribution in [0.4, 0.5) is 0 Å². The molecule has 1 unspecified atom stereocenters. The minimum Gasteiger partial charge on any atom is -0.381 e. The van der Waals surface area contributed by atoms with Crippen LogP contribution in [0.1, 0.15) is 46.5 Å². The molecule has 1 N–H and O–H groups in total. The van der Waals surface area contributed by atoms with Gasteiger partial charge in [-0.2, -0.15) is 0 Å². The Morgan fingerprint density at radius 3 is 2.35 bits per heavy atom. The first-order chi connectivity index (χ1) is 8.19. The zero-order valence-electron chi connectivity index (χ0n) is 12.0. The van der Waals surface area contributed by atoms with Crippen LogP contribution in [-0.2, 0) is 4.74 Å². The van der Waals surface area contributed by atoms with Gasteiger partial charge in [0.15, 0.2) is 0 Å². The summed E-state index contributed by atoms with van der Waals surface area (Å²) in [5, 5.41) is 3.67. The summed E-state index contributed by atoms with van der Waals surface area (Å²) in [6.45, 7) is 9.80. The fraction of sp³-hybridized carbons (Fsp3) is 1.00. The van der Waals surface area contributed by atoms with Crippen LogP contribution in [0.5, 0.6) is 0 Å². The monoisotopic (exact) mass is 242 g/mol. The van der Waals surface area contributed by atoms with E-state index in [1.165, 1.54) is 25.7 Å². The molecular weight excluding hydrogens is 212 g/mol. The summed E-state index contributed by atoms with van der Waals surface area (Å²) in [4.78, 5) is 2.53. The number of rotatable bonds is 7. The van der Waals surface area contributed by atoms with Gasteiger partial charge >= 0.3 is 0 Å². The summed E-state index contributed by atoms with van der Waals surface area (Å²) in [5.74, 6) is 0. The molecular formula is C14H30N2O. The van der Waals surface area contributed by atoms with Crippen molar-refractivity contribution in [3.63, 3.8) is 0 Å². The van der Waals surface area contributed by atoms with Gasteiger partial charge in [-0.15, -0.1) is 0 Å². The van der Waals surface area contributed by atoms with Crippen molar-refractivity contribution in [1.82, 2.24) is 10.2 Å². The Balaban J connectivity index is 2.27. The lowest BCUT2D eigenvalue weighted by molar-refractivity contribution is 0.0308. The third-order valence-corrected chi connectivity index (χ3v) is 4.15. The molecule has 0 aromatic rings. The second-order valence-corrected chi connectivity index (χ2v) is 5.28. The third kappa shape index (κ3) is 4.94. The van der Waals surface area contributed by atoms with E-state index in [9.17, 15) is 0 Å². The standard InChI is InChI=1S/C14H30N2O/c1-5-13(6-2)15-11-12(3)16(4)14-7-9-17-10-8-14/h12-15H,5-11H2,1-4H3. The maximum Gasteiger partial charge on any atom is 0.0480 e. The quantitative estimate of drug-likeness (QED) is 0.741. The molecule has 0 saturated carbocycles. The Labute approximate surface area is 107 Å². The largest absolute Gasteiger partial charge is 0.381 e. The molecule has 0 aliphatic carbocycles. The minimum atomic E-state index is 0.610. The van der Waals surface area contributed by atoms with Crippen molar-refractivity contribution in [2.24, 2.45) is 0 Å². The number of hydrogen-bond acceptors (Lipinski definition) is 3. The number of nitrogens with zero attached hydrogens (tertiary/aromatic N) is 1. The molecule has 1 saturated heterocycles. The third-order valence-electron chi connectivity index (χ3n) is 4.15. The molecule has 1 aliphatic rings. The van der Waals surface area contributed by atoms with Gasteiger partial charge in [0.05, 0.1) is 0 Å². The number of likely N-dealkylation sites (N-methyl/N-ethyl adjacent to an activating group) is 1. The lowest BCUT2D eigenvalue weighted by Gasteiger charge is -2.36. The molecule has 1 atom stereocenters. The molecule has 1 aliphatic heterocycles. The zero-order chi connectivity index (χ0) is 12.7. The number of ether oxygens (including phenoxy) is 1. The second kappa shape index (κ2) is 8.06. The van der Waals surface area contributed by atoms with Gasteiger partial charge in [0.2, 0.25) is 0 Å². The van der Waals surface area contributed by atoms with Crippen LogP contribution in [0, 0.1) is 0 Å². The molecule has 102 valence electrons. The smallest absolute Gasteiger partial charge is 0.0480 e. The highest BCUT2D eigenvalue weighted by Crippen LogP contribution is 2.15. The van der Waals surface area contributed by atoms with E-state index in [-0.39, 0.29) is 0 Å². The summed E-state index contributed by atoms with van der Waals surface area (Å²) in [6, 6.07) is 2.00. The van der Waals surface area contributed by atoms with Crippen molar-refractivity contribution >= 4 is 0 Å². The maximum atomic E-state index is 5.42. The average Bonchev–Trinajstić information content (AvgIpc) is 2.39.